The lowest BCUT2D eigenvalue weighted by Crippen LogP contribution is -2.43. The van der Waals surface area contributed by atoms with Gasteiger partial charge in [-0.15, -0.1) is 0 Å². The average Bonchev–Trinajstić information content (AvgIpc) is 2.43. The molecule has 0 spiro atoms. The SMILES string of the molecule is CNc1ccc(C(=O)NC2CCCC(C)C2C)c(C)c1. The van der Waals surface area contributed by atoms with Crippen LogP contribution in [0.1, 0.15) is 49.0 Å². The highest BCUT2D eigenvalue weighted by Gasteiger charge is 2.28. The number of hydrogen-bond acceptors (Lipinski definition) is 2. The Morgan fingerprint density at radius 1 is 1.25 bits per heavy atom. The molecule has 2 N–H and O–H groups in total. The Balaban J connectivity index is 2.08. The lowest BCUT2D eigenvalue weighted by atomic mass is 9.78. The standard InChI is InChI=1S/C17H26N2O/c1-11-6-5-7-16(13(11)3)19-17(20)15-9-8-14(18-4)10-12(15)2/h8-11,13,16,18H,5-7H2,1-4H3,(H,19,20). The lowest BCUT2D eigenvalue weighted by molar-refractivity contribution is 0.0890. The van der Waals surface area contributed by atoms with E-state index in [9.17, 15) is 4.79 Å². The fraction of sp³-hybridized carbons (Fsp3) is 0.588. The number of carbonyl (C=O) groups excluding carboxylic acids is 1. The van der Waals surface area contributed by atoms with Crippen LogP contribution in [0.5, 0.6) is 0 Å². The zero-order chi connectivity index (χ0) is 14.7. The first kappa shape index (κ1) is 14.9. The first-order chi connectivity index (χ1) is 9.52. The lowest BCUT2D eigenvalue weighted by Gasteiger charge is -2.34. The largest absolute Gasteiger partial charge is 0.388 e. The van der Waals surface area contributed by atoms with Gasteiger partial charge in [-0.3, -0.25) is 4.79 Å². The van der Waals surface area contributed by atoms with Crippen molar-refractivity contribution in [1.82, 2.24) is 5.32 Å². The molecule has 1 aliphatic carbocycles. The van der Waals surface area contributed by atoms with Crippen LogP contribution < -0.4 is 10.6 Å². The van der Waals surface area contributed by atoms with Crippen LogP contribution in [-0.4, -0.2) is 19.0 Å². The van der Waals surface area contributed by atoms with Crippen molar-refractivity contribution in [3.63, 3.8) is 0 Å². The molecule has 0 aliphatic heterocycles. The summed E-state index contributed by atoms with van der Waals surface area (Å²) in [5, 5.41) is 6.33. The van der Waals surface area contributed by atoms with E-state index in [1.165, 1.54) is 12.8 Å². The van der Waals surface area contributed by atoms with E-state index in [0.29, 0.717) is 17.9 Å². The molecule has 3 nitrogen and oxygen atoms in total. The number of nitrogens with one attached hydrogen (secondary N) is 2. The van der Waals surface area contributed by atoms with Crippen LogP contribution in [0.4, 0.5) is 5.69 Å². The van der Waals surface area contributed by atoms with E-state index < -0.39 is 0 Å². The molecule has 3 atom stereocenters. The van der Waals surface area contributed by atoms with Gasteiger partial charge in [0.2, 0.25) is 0 Å². The Kier molecular flexibility index (Phi) is 4.69. The molecule has 1 aliphatic rings. The maximum Gasteiger partial charge on any atom is 0.251 e. The summed E-state index contributed by atoms with van der Waals surface area (Å²) in [5.41, 5.74) is 2.85. The van der Waals surface area contributed by atoms with Crippen molar-refractivity contribution in [2.75, 3.05) is 12.4 Å². The van der Waals surface area contributed by atoms with Crippen molar-refractivity contribution in [3.05, 3.63) is 29.3 Å². The summed E-state index contributed by atoms with van der Waals surface area (Å²) >= 11 is 0. The van der Waals surface area contributed by atoms with Gasteiger partial charge in [0.25, 0.3) is 5.91 Å². The summed E-state index contributed by atoms with van der Waals surface area (Å²) in [6, 6.07) is 6.19. The van der Waals surface area contributed by atoms with Crippen LogP contribution in [0.25, 0.3) is 0 Å². The number of benzene rings is 1. The molecule has 3 unspecified atom stereocenters. The second-order valence-electron chi connectivity index (χ2n) is 6.13. The third kappa shape index (κ3) is 3.14. The highest BCUT2D eigenvalue weighted by atomic mass is 16.1. The van der Waals surface area contributed by atoms with Crippen LogP contribution in [0.2, 0.25) is 0 Å². The molecule has 1 fully saturated rings. The van der Waals surface area contributed by atoms with Gasteiger partial charge in [0, 0.05) is 24.3 Å². The fourth-order valence-electron chi connectivity index (χ4n) is 3.11. The van der Waals surface area contributed by atoms with Gasteiger partial charge >= 0.3 is 0 Å². The Labute approximate surface area is 122 Å². The van der Waals surface area contributed by atoms with Gasteiger partial charge < -0.3 is 10.6 Å². The number of hydrogen-bond donors (Lipinski definition) is 2. The maximum absolute atomic E-state index is 12.5. The van der Waals surface area contributed by atoms with Gasteiger partial charge in [-0.05, 0) is 48.9 Å². The normalized spacial score (nSPS) is 26.1. The van der Waals surface area contributed by atoms with E-state index in [0.717, 1.165) is 23.2 Å². The van der Waals surface area contributed by atoms with Crippen molar-refractivity contribution < 1.29 is 4.79 Å². The van der Waals surface area contributed by atoms with E-state index in [1.807, 2.05) is 32.2 Å². The molecule has 1 aromatic carbocycles. The van der Waals surface area contributed by atoms with Gasteiger partial charge in [-0.25, -0.2) is 0 Å². The second kappa shape index (κ2) is 6.29. The number of carbonyl (C=O) groups is 1. The molecule has 2 rings (SSSR count). The maximum atomic E-state index is 12.5. The second-order valence-corrected chi connectivity index (χ2v) is 6.13. The highest BCUT2D eigenvalue weighted by molar-refractivity contribution is 5.96. The van der Waals surface area contributed by atoms with Crippen LogP contribution in [0, 0.1) is 18.8 Å². The summed E-state index contributed by atoms with van der Waals surface area (Å²) in [4.78, 5) is 12.5. The van der Waals surface area contributed by atoms with Crippen LogP contribution in [0.15, 0.2) is 18.2 Å². The van der Waals surface area contributed by atoms with Crippen molar-refractivity contribution >= 4 is 11.6 Å². The fourth-order valence-corrected chi connectivity index (χ4v) is 3.11. The molecule has 0 aromatic heterocycles. The summed E-state index contributed by atoms with van der Waals surface area (Å²) in [7, 11) is 1.89. The van der Waals surface area contributed by atoms with E-state index in [-0.39, 0.29) is 5.91 Å². The van der Waals surface area contributed by atoms with Crippen molar-refractivity contribution in [3.8, 4) is 0 Å². The molecule has 20 heavy (non-hydrogen) atoms. The molecule has 0 heterocycles. The minimum atomic E-state index is 0.0658. The van der Waals surface area contributed by atoms with Gasteiger partial charge in [0.1, 0.15) is 0 Å². The van der Waals surface area contributed by atoms with E-state index >= 15 is 0 Å². The molecule has 110 valence electrons. The Morgan fingerprint density at radius 3 is 2.65 bits per heavy atom. The third-order valence-electron chi connectivity index (χ3n) is 4.78. The number of rotatable bonds is 3. The number of anilines is 1. The predicted molar refractivity (Wildman–Crippen MR) is 84.2 cm³/mol. The minimum absolute atomic E-state index is 0.0658. The zero-order valence-electron chi connectivity index (χ0n) is 13.0. The van der Waals surface area contributed by atoms with E-state index in [4.69, 9.17) is 0 Å². The molecule has 3 heteroatoms. The molecular weight excluding hydrogens is 248 g/mol. The third-order valence-corrected chi connectivity index (χ3v) is 4.78. The van der Waals surface area contributed by atoms with Crippen molar-refractivity contribution in [2.45, 2.75) is 46.1 Å². The monoisotopic (exact) mass is 274 g/mol. The Morgan fingerprint density at radius 2 is 2.00 bits per heavy atom. The molecule has 1 aromatic rings. The van der Waals surface area contributed by atoms with E-state index in [2.05, 4.69) is 24.5 Å². The molecule has 0 saturated heterocycles. The number of amides is 1. The molecule has 0 radical (unpaired) electrons. The topological polar surface area (TPSA) is 41.1 Å². The minimum Gasteiger partial charge on any atom is -0.388 e. The van der Waals surface area contributed by atoms with Gasteiger partial charge in [-0.1, -0.05) is 26.7 Å². The van der Waals surface area contributed by atoms with Crippen molar-refractivity contribution in [2.24, 2.45) is 11.8 Å². The molecule has 1 saturated carbocycles. The average molecular weight is 274 g/mol. The predicted octanol–water partition coefficient (Wildman–Crippen LogP) is 3.59. The van der Waals surface area contributed by atoms with Gasteiger partial charge in [0.05, 0.1) is 0 Å². The highest BCUT2D eigenvalue weighted by Crippen LogP contribution is 2.29. The zero-order valence-corrected chi connectivity index (χ0v) is 13.0. The van der Waals surface area contributed by atoms with Crippen LogP contribution >= 0.6 is 0 Å². The smallest absolute Gasteiger partial charge is 0.251 e. The van der Waals surface area contributed by atoms with Gasteiger partial charge in [0.15, 0.2) is 0 Å². The molecule has 1 amide bonds. The summed E-state index contributed by atoms with van der Waals surface area (Å²) in [6.45, 7) is 6.53. The summed E-state index contributed by atoms with van der Waals surface area (Å²) < 4.78 is 0. The van der Waals surface area contributed by atoms with Crippen LogP contribution in [0.3, 0.4) is 0 Å². The van der Waals surface area contributed by atoms with Crippen molar-refractivity contribution in [1.29, 1.82) is 0 Å². The van der Waals surface area contributed by atoms with Crippen LogP contribution in [-0.2, 0) is 0 Å². The Hall–Kier alpha value is -1.51. The summed E-state index contributed by atoms with van der Waals surface area (Å²) in [5.74, 6) is 1.32. The Bertz CT molecular complexity index is 484. The van der Waals surface area contributed by atoms with Gasteiger partial charge in [-0.2, -0.15) is 0 Å². The van der Waals surface area contributed by atoms with E-state index in [1.54, 1.807) is 0 Å². The molecule has 0 bridgehead atoms. The molecular formula is C17H26N2O. The first-order valence-electron chi connectivity index (χ1n) is 7.62. The number of aryl methyl sites for hydroxylation is 1. The summed E-state index contributed by atoms with van der Waals surface area (Å²) in [6.07, 6.45) is 3.60. The first-order valence-corrected chi connectivity index (χ1v) is 7.62. The quantitative estimate of drug-likeness (QED) is 0.884.